The molecule has 0 aliphatic heterocycles. The molecule has 0 saturated heterocycles. The summed E-state index contributed by atoms with van der Waals surface area (Å²) in [6.45, 7) is 6.58. The van der Waals surface area contributed by atoms with Crippen LogP contribution in [-0.4, -0.2) is 33.6 Å². The first kappa shape index (κ1) is 14.8. The third kappa shape index (κ3) is 2.16. The van der Waals surface area contributed by atoms with Gasteiger partial charge in [-0.05, 0) is 25.0 Å². The van der Waals surface area contributed by atoms with Crippen LogP contribution in [0.1, 0.15) is 37.7 Å². The second-order valence-corrected chi connectivity index (χ2v) is 6.81. The molecule has 2 aromatic heterocycles. The van der Waals surface area contributed by atoms with Crippen LogP contribution < -0.4 is 0 Å². The summed E-state index contributed by atoms with van der Waals surface area (Å²) < 4.78 is 7.88. The fourth-order valence-corrected chi connectivity index (χ4v) is 3.62. The van der Waals surface area contributed by atoms with E-state index in [0.29, 0.717) is 11.9 Å². The summed E-state index contributed by atoms with van der Waals surface area (Å²) in [6, 6.07) is 2.37. The van der Waals surface area contributed by atoms with Crippen molar-refractivity contribution >= 4 is 22.8 Å². The summed E-state index contributed by atoms with van der Waals surface area (Å²) >= 11 is 5.97. The predicted molar refractivity (Wildman–Crippen MR) is 84.9 cm³/mol. The lowest BCUT2D eigenvalue weighted by Crippen LogP contribution is -2.51. The smallest absolute Gasteiger partial charge is 0.160 e. The SMILES string of the molecule is COC1CC(n2c(CCCl)nc3c(C)ccnc32)C1(C)C. The van der Waals surface area contributed by atoms with Gasteiger partial charge >= 0.3 is 0 Å². The number of fused-ring (bicyclic) bond motifs is 1. The monoisotopic (exact) mass is 307 g/mol. The highest BCUT2D eigenvalue weighted by Crippen LogP contribution is 2.52. The molecular formula is C16H22ClN3O. The Kier molecular flexibility index (Phi) is 3.70. The Morgan fingerprint density at radius 3 is 2.86 bits per heavy atom. The van der Waals surface area contributed by atoms with Gasteiger partial charge in [0.1, 0.15) is 11.3 Å². The lowest BCUT2D eigenvalue weighted by atomic mass is 9.64. The average Bonchev–Trinajstić information content (AvgIpc) is 2.79. The van der Waals surface area contributed by atoms with Crippen molar-refractivity contribution in [2.45, 2.75) is 45.8 Å². The van der Waals surface area contributed by atoms with Gasteiger partial charge in [-0.3, -0.25) is 0 Å². The largest absolute Gasteiger partial charge is 0.381 e. The molecule has 1 aliphatic carbocycles. The number of aromatic nitrogens is 3. The zero-order valence-corrected chi connectivity index (χ0v) is 13.8. The normalized spacial score (nSPS) is 24.2. The quantitative estimate of drug-likeness (QED) is 0.812. The number of aryl methyl sites for hydroxylation is 2. The van der Waals surface area contributed by atoms with Crippen LogP contribution in [0.15, 0.2) is 12.3 Å². The summed E-state index contributed by atoms with van der Waals surface area (Å²) in [5, 5.41) is 0. The van der Waals surface area contributed by atoms with Gasteiger partial charge in [0.2, 0.25) is 0 Å². The fraction of sp³-hybridized carbons (Fsp3) is 0.625. The van der Waals surface area contributed by atoms with E-state index < -0.39 is 0 Å². The number of halogens is 1. The van der Waals surface area contributed by atoms with Crippen molar-refractivity contribution in [2.24, 2.45) is 5.41 Å². The van der Waals surface area contributed by atoms with Crippen LogP contribution in [0, 0.1) is 12.3 Å². The summed E-state index contributed by atoms with van der Waals surface area (Å²) in [7, 11) is 1.79. The second-order valence-electron chi connectivity index (χ2n) is 6.43. The molecule has 2 heterocycles. The lowest BCUT2D eigenvalue weighted by Gasteiger charge is -2.51. The van der Waals surface area contributed by atoms with Crippen molar-refractivity contribution in [3.63, 3.8) is 0 Å². The van der Waals surface area contributed by atoms with E-state index in [4.69, 9.17) is 21.3 Å². The Morgan fingerprint density at radius 2 is 2.24 bits per heavy atom. The average molecular weight is 308 g/mol. The number of rotatable bonds is 4. The molecule has 114 valence electrons. The summed E-state index contributed by atoms with van der Waals surface area (Å²) in [4.78, 5) is 9.38. The van der Waals surface area contributed by atoms with Crippen LogP contribution in [0.4, 0.5) is 0 Å². The third-order valence-corrected chi connectivity index (χ3v) is 5.08. The molecule has 2 aromatic rings. The molecule has 3 rings (SSSR count). The molecule has 5 heteroatoms. The number of hydrogen-bond acceptors (Lipinski definition) is 3. The first-order chi connectivity index (χ1) is 10.0. The molecule has 0 N–H and O–H groups in total. The molecule has 4 nitrogen and oxygen atoms in total. The highest BCUT2D eigenvalue weighted by atomic mass is 35.5. The minimum Gasteiger partial charge on any atom is -0.381 e. The first-order valence-electron chi connectivity index (χ1n) is 7.42. The molecule has 2 atom stereocenters. The Morgan fingerprint density at radius 1 is 1.48 bits per heavy atom. The molecule has 0 amide bonds. The van der Waals surface area contributed by atoms with Crippen LogP contribution in [0.2, 0.25) is 0 Å². The molecule has 0 spiro atoms. The van der Waals surface area contributed by atoms with Crippen molar-refractivity contribution < 1.29 is 4.74 Å². The Hall–Kier alpha value is -1.13. The van der Waals surface area contributed by atoms with E-state index in [0.717, 1.165) is 35.4 Å². The van der Waals surface area contributed by atoms with Crippen molar-refractivity contribution in [1.82, 2.24) is 14.5 Å². The number of hydrogen-bond donors (Lipinski definition) is 0. The number of alkyl halides is 1. The van der Waals surface area contributed by atoms with Gasteiger partial charge < -0.3 is 9.30 Å². The zero-order valence-electron chi connectivity index (χ0n) is 13.1. The molecular weight excluding hydrogens is 286 g/mol. The third-order valence-electron chi connectivity index (χ3n) is 4.89. The van der Waals surface area contributed by atoms with Gasteiger partial charge in [-0.1, -0.05) is 13.8 Å². The highest BCUT2D eigenvalue weighted by Gasteiger charge is 2.50. The van der Waals surface area contributed by atoms with Crippen molar-refractivity contribution in [1.29, 1.82) is 0 Å². The van der Waals surface area contributed by atoms with E-state index in [2.05, 4.69) is 30.3 Å². The highest BCUT2D eigenvalue weighted by molar-refractivity contribution is 6.17. The van der Waals surface area contributed by atoms with Gasteiger partial charge in [0.25, 0.3) is 0 Å². The molecule has 0 radical (unpaired) electrons. The van der Waals surface area contributed by atoms with Gasteiger partial charge in [0.05, 0.1) is 6.10 Å². The van der Waals surface area contributed by atoms with Crippen molar-refractivity contribution in [3.05, 3.63) is 23.7 Å². The molecule has 1 saturated carbocycles. The van der Waals surface area contributed by atoms with Crippen molar-refractivity contribution in [2.75, 3.05) is 13.0 Å². The van der Waals surface area contributed by atoms with Gasteiger partial charge in [0.15, 0.2) is 5.65 Å². The van der Waals surface area contributed by atoms with E-state index in [1.165, 1.54) is 0 Å². The number of nitrogens with zero attached hydrogens (tertiary/aromatic N) is 3. The maximum atomic E-state index is 5.97. The van der Waals surface area contributed by atoms with Crippen LogP contribution in [0.3, 0.4) is 0 Å². The Bertz CT molecular complexity index is 665. The number of imidazole rings is 1. The summed E-state index contributed by atoms with van der Waals surface area (Å²) in [5.41, 5.74) is 3.21. The second kappa shape index (κ2) is 5.25. The van der Waals surface area contributed by atoms with Gasteiger partial charge in [-0.2, -0.15) is 0 Å². The van der Waals surface area contributed by atoms with Crippen LogP contribution in [0.25, 0.3) is 11.2 Å². The van der Waals surface area contributed by atoms with E-state index in [1.54, 1.807) is 7.11 Å². The summed E-state index contributed by atoms with van der Waals surface area (Å²) in [6.07, 6.45) is 3.91. The molecule has 1 aliphatic rings. The van der Waals surface area contributed by atoms with E-state index in [-0.39, 0.29) is 11.5 Å². The van der Waals surface area contributed by atoms with Crippen molar-refractivity contribution in [3.8, 4) is 0 Å². The molecule has 1 fully saturated rings. The molecule has 21 heavy (non-hydrogen) atoms. The number of pyridine rings is 1. The predicted octanol–water partition coefficient (Wildman–Crippen LogP) is 3.51. The van der Waals surface area contributed by atoms with E-state index in [1.807, 2.05) is 12.3 Å². The van der Waals surface area contributed by atoms with E-state index in [9.17, 15) is 0 Å². The Labute approximate surface area is 130 Å². The van der Waals surface area contributed by atoms with E-state index >= 15 is 0 Å². The number of methoxy groups -OCH3 is 1. The van der Waals surface area contributed by atoms with Crippen LogP contribution in [0.5, 0.6) is 0 Å². The molecule has 0 bridgehead atoms. The van der Waals surface area contributed by atoms with Gasteiger partial charge in [-0.15, -0.1) is 11.6 Å². The zero-order chi connectivity index (χ0) is 15.2. The first-order valence-corrected chi connectivity index (χ1v) is 7.95. The fourth-order valence-electron chi connectivity index (χ4n) is 3.45. The summed E-state index contributed by atoms with van der Waals surface area (Å²) in [5.74, 6) is 1.61. The molecule has 2 unspecified atom stereocenters. The maximum absolute atomic E-state index is 5.97. The maximum Gasteiger partial charge on any atom is 0.160 e. The molecule has 0 aromatic carbocycles. The topological polar surface area (TPSA) is 39.9 Å². The minimum absolute atomic E-state index is 0.0782. The lowest BCUT2D eigenvalue weighted by molar-refractivity contribution is -0.112. The standard InChI is InChI=1S/C16H22ClN3O/c1-10-6-8-18-15-14(10)19-13(5-7-17)20(15)11-9-12(21-4)16(11,2)3/h6,8,11-12H,5,7,9H2,1-4H3. The van der Waals surface area contributed by atoms with Crippen LogP contribution in [-0.2, 0) is 11.2 Å². The van der Waals surface area contributed by atoms with Crippen LogP contribution >= 0.6 is 11.6 Å². The number of ether oxygens (including phenoxy) is 1. The van der Waals surface area contributed by atoms with Gasteiger partial charge in [-0.25, -0.2) is 9.97 Å². The Balaban J connectivity index is 2.13. The van der Waals surface area contributed by atoms with Gasteiger partial charge in [0, 0.05) is 37.1 Å². The minimum atomic E-state index is 0.0782.